The number of piperidine rings is 1. The van der Waals surface area contributed by atoms with Crippen LogP contribution in [-0.4, -0.2) is 31.7 Å². The van der Waals surface area contributed by atoms with E-state index in [0.29, 0.717) is 36.5 Å². The number of hydrogen-bond donors (Lipinski definition) is 1. The lowest BCUT2D eigenvalue weighted by Crippen LogP contribution is -2.43. The van der Waals surface area contributed by atoms with E-state index in [0.717, 1.165) is 5.56 Å². The molecule has 2 aromatic rings. The second kappa shape index (κ2) is 9.28. The molecule has 1 amide bonds. The molecule has 5 nitrogen and oxygen atoms in total. The first-order chi connectivity index (χ1) is 13.8. The highest BCUT2D eigenvalue weighted by atomic mass is 35.5. The van der Waals surface area contributed by atoms with Crippen LogP contribution in [0.3, 0.4) is 0 Å². The molecule has 7 heteroatoms. The van der Waals surface area contributed by atoms with Gasteiger partial charge in [0.1, 0.15) is 0 Å². The number of carbonyl (C=O) groups is 1. The zero-order valence-corrected chi connectivity index (χ0v) is 18.3. The highest BCUT2D eigenvalue weighted by molar-refractivity contribution is 7.88. The summed E-state index contributed by atoms with van der Waals surface area (Å²) in [7, 11) is -3.46. The smallest absolute Gasteiger partial charge is 0.223 e. The van der Waals surface area contributed by atoms with Crippen LogP contribution < -0.4 is 5.32 Å². The fraction of sp³-hybridized carbons (Fsp3) is 0.409. The van der Waals surface area contributed by atoms with Crippen molar-refractivity contribution in [3.8, 4) is 0 Å². The van der Waals surface area contributed by atoms with E-state index < -0.39 is 10.0 Å². The van der Waals surface area contributed by atoms with Crippen LogP contribution in [0, 0.1) is 12.8 Å². The first-order valence-corrected chi connectivity index (χ1v) is 11.8. The van der Waals surface area contributed by atoms with Crippen molar-refractivity contribution in [1.82, 2.24) is 9.62 Å². The molecule has 1 aliphatic rings. The van der Waals surface area contributed by atoms with Crippen molar-refractivity contribution in [3.63, 3.8) is 0 Å². The van der Waals surface area contributed by atoms with Crippen LogP contribution >= 0.6 is 11.6 Å². The molecule has 0 aliphatic carbocycles. The number of halogens is 1. The number of amides is 1. The number of aryl methyl sites for hydroxylation is 1. The van der Waals surface area contributed by atoms with E-state index >= 15 is 0 Å². The van der Waals surface area contributed by atoms with Crippen LogP contribution in [0.2, 0.25) is 5.02 Å². The maximum Gasteiger partial charge on any atom is 0.223 e. The number of nitrogens with zero attached hydrogens (tertiary/aromatic N) is 1. The molecule has 0 bridgehead atoms. The van der Waals surface area contributed by atoms with E-state index in [4.69, 9.17) is 11.6 Å². The minimum Gasteiger partial charge on any atom is -0.349 e. The lowest BCUT2D eigenvalue weighted by molar-refractivity contribution is -0.126. The van der Waals surface area contributed by atoms with Crippen molar-refractivity contribution < 1.29 is 13.2 Å². The molecule has 29 heavy (non-hydrogen) atoms. The Morgan fingerprint density at radius 1 is 1.14 bits per heavy atom. The summed E-state index contributed by atoms with van der Waals surface area (Å²) in [5.74, 6) is -0.301. The first kappa shape index (κ1) is 21.8. The van der Waals surface area contributed by atoms with Gasteiger partial charge in [0.15, 0.2) is 0 Å². The minimum absolute atomic E-state index is 0.0128. The summed E-state index contributed by atoms with van der Waals surface area (Å²) in [6.45, 7) is 4.69. The van der Waals surface area contributed by atoms with Crippen LogP contribution in [0.15, 0.2) is 48.5 Å². The minimum atomic E-state index is -3.46. The fourth-order valence-electron chi connectivity index (χ4n) is 3.57. The van der Waals surface area contributed by atoms with Crippen molar-refractivity contribution in [2.24, 2.45) is 5.92 Å². The second-order valence-corrected chi connectivity index (χ2v) is 10.0. The largest absolute Gasteiger partial charge is 0.349 e. The van der Waals surface area contributed by atoms with Gasteiger partial charge in [-0.3, -0.25) is 4.79 Å². The standard InChI is InChI=1S/C22H27ClN2O3S/c1-16-7-9-18(10-8-16)17(2)24-22(26)19-11-13-25(14-12-19)29(27,28)15-20-5-3-4-6-21(20)23/h3-10,17,19H,11-15H2,1-2H3,(H,24,26). The van der Waals surface area contributed by atoms with Gasteiger partial charge in [0, 0.05) is 24.0 Å². The van der Waals surface area contributed by atoms with Crippen LogP contribution in [0.4, 0.5) is 0 Å². The van der Waals surface area contributed by atoms with E-state index in [2.05, 4.69) is 5.32 Å². The molecule has 1 atom stereocenters. The zero-order valence-electron chi connectivity index (χ0n) is 16.8. The molecular weight excluding hydrogens is 408 g/mol. The van der Waals surface area contributed by atoms with Crippen molar-refractivity contribution in [2.75, 3.05) is 13.1 Å². The molecule has 1 unspecified atom stereocenters. The Labute approximate surface area is 178 Å². The van der Waals surface area contributed by atoms with Crippen LogP contribution in [0.5, 0.6) is 0 Å². The Bertz CT molecular complexity index is 952. The van der Waals surface area contributed by atoms with Gasteiger partial charge < -0.3 is 5.32 Å². The number of sulfonamides is 1. The Morgan fingerprint density at radius 3 is 2.38 bits per heavy atom. The third kappa shape index (κ3) is 5.59. The van der Waals surface area contributed by atoms with E-state index in [-0.39, 0.29) is 23.6 Å². The van der Waals surface area contributed by atoms with Crippen molar-refractivity contribution in [1.29, 1.82) is 0 Å². The van der Waals surface area contributed by atoms with E-state index in [1.807, 2.05) is 38.1 Å². The van der Waals surface area contributed by atoms with E-state index in [1.54, 1.807) is 24.3 Å². The summed E-state index contributed by atoms with van der Waals surface area (Å²) >= 11 is 6.11. The number of carbonyl (C=O) groups excluding carboxylic acids is 1. The number of hydrogen-bond acceptors (Lipinski definition) is 3. The molecule has 156 valence electrons. The molecule has 0 aromatic heterocycles. The van der Waals surface area contributed by atoms with Crippen LogP contribution in [0.1, 0.15) is 42.5 Å². The summed E-state index contributed by atoms with van der Waals surface area (Å²) in [6.07, 6.45) is 1.04. The number of benzene rings is 2. The number of nitrogens with one attached hydrogen (secondary N) is 1. The molecule has 1 aliphatic heterocycles. The quantitative estimate of drug-likeness (QED) is 0.745. The van der Waals surface area contributed by atoms with Gasteiger partial charge in [-0.15, -0.1) is 0 Å². The Balaban J connectivity index is 1.54. The van der Waals surface area contributed by atoms with Gasteiger partial charge in [0.2, 0.25) is 15.9 Å². The van der Waals surface area contributed by atoms with Gasteiger partial charge in [0.05, 0.1) is 11.8 Å². The number of rotatable bonds is 6. The lowest BCUT2D eigenvalue weighted by atomic mass is 9.96. The Morgan fingerprint density at radius 2 is 1.76 bits per heavy atom. The normalized spacial score (nSPS) is 17.1. The van der Waals surface area contributed by atoms with E-state index in [9.17, 15) is 13.2 Å². The summed E-state index contributed by atoms with van der Waals surface area (Å²) in [4.78, 5) is 12.6. The predicted octanol–water partition coefficient (Wildman–Crippen LogP) is 4.07. The first-order valence-electron chi connectivity index (χ1n) is 9.84. The fourth-order valence-corrected chi connectivity index (χ4v) is 5.45. The molecule has 0 spiro atoms. The van der Waals surface area contributed by atoms with Gasteiger partial charge >= 0.3 is 0 Å². The average molecular weight is 435 g/mol. The summed E-state index contributed by atoms with van der Waals surface area (Å²) in [5.41, 5.74) is 2.84. The lowest BCUT2D eigenvalue weighted by Gasteiger charge is -2.31. The van der Waals surface area contributed by atoms with Gasteiger partial charge in [-0.05, 0) is 43.9 Å². The van der Waals surface area contributed by atoms with Crippen LogP contribution in [0.25, 0.3) is 0 Å². The molecule has 2 aromatic carbocycles. The van der Waals surface area contributed by atoms with Gasteiger partial charge in [0.25, 0.3) is 0 Å². The van der Waals surface area contributed by atoms with E-state index in [1.165, 1.54) is 9.87 Å². The maximum absolute atomic E-state index is 12.7. The molecule has 1 fully saturated rings. The average Bonchev–Trinajstić information content (AvgIpc) is 2.70. The molecule has 1 N–H and O–H groups in total. The molecule has 1 heterocycles. The van der Waals surface area contributed by atoms with Gasteiger partial charge in [-0.25, -0.2) is 12.7 Å². The highest BCUT2D eigenvalue weighted by Crippen LogP contribution is 2.25. The summed E-state index contributed by atoms with van der Waals surface area (Å²) < 4.78 is 27.0. The second-order valence-electron chi connectivity index (χ2n) is 7.66. The third-order valence-electron chi connectivity index (χ3n) is 5.45. The highest BCUT2D eigenvalue weighted by Gasteiger charge is 2.31. The molecular formula is C22H27ClN2O3S. The SMILES string of the molecule is Cc1ccc(C(C)NC(=O)C2CCN(S(=O)(=O)Cc3ccccc3Cl)CC2)cc1. The summed E-state index contributed by atoms with van der Waals surface area (Å²) in [5, 5.41) is 3.52. The molecule has 0 radical (unpaired) electrons. The van der Waals surface area contributed by atoms with Crippen molar-refractivity contribution >= 4 is 27.5 Å². The molecule has 3 rings (SSSR count). The van der Waals surface area contributed by atoms with Gasteiger partial charge in [-0.1, -0.05) is 59.6 Å². The summed E-state index contributed by atoms with van der Waals surface area (Å²) in [6, 6.07) is 15.0. The third-order valence-corrected chi connectivity index (χ3v) is 7.65. The predicted molar refractivity (Wildman–Crippen MR) is 116 cm³/mol. The monoisotopic (exact) mass is 434 g/mol. The van der Waals surface area contributed by atoms with Crippen molar-refractivity contribution in [2.45, 2.75) is 38.5 Å². The molecule has 0 saturated carbocycles. The molecule has 1 saturated heterocycles. The Hall–Kier alpha value is -1.89. The maximum atomic E-state index is 12.7. The topological polar surface area (TPSA) is 66.5 Å². The Kier molecular flexibility index (Phi) is 6.98. The van der Waals surface area contributed by atoms with Crippen molar-refractivity contribution in [3.05, 3.63) is 70.2 Å². The van der Waals surface area contributed by atoms with Gasteiger partial charge in [-0.2, -0.15) is 0 Å². The van der Waals surface area contributed by atoms with Crippen LogP contribution in [-0.2, 0) is 20.6 Å². The zero-order chi connectivity index (χ0) is 21.0.